The minimum atomic E-state index is -1.24. The average molecular weight is 407 g/mol. The molecule has 2 bridgehead atoms. The predicted molar refractivity (Wildman–Crippen MR) is 109 cm³/mol. The monoisotopic (exact) mass is 407 g/mol. The maximum Gasteiger partial charge on any atom is 0.350 e. The Hall–Kier alpha value is -2.86. The number of rotatable bonds is 3. The van der Waals surface area contributed by atoms with Crippen molar-refractivity contribution >= 4 is 11.9 Å². The highest BCUT2D eigenvalue weighted by Crippen LogP contribution is 2.47. The second-order valence-corrected chi connectivity index (χ2v) is 8.48. The van der Waals surface area contributed by atoms with Crippen LogP contribution < -0.4 is 4.74 Å². The molecule has 3 heterocycles. The smallest absolute Gasteiger partial charge is 0.350 e. The molecule has 2 aromatic carbocycles. The van der Waals surface area contributed by atoms with E-state index in [0.717, 1.165) is 24.0 Å². The molecule has 5 rings (SSSR count). The van der Waals surface area contributed by atoms with Crippen LogP contribution in [0.1, 0.15) is 42.7 Å². The molecule has 6 heteroatoms. The normalized spacial score (nSPS) is 27.5. The largest absolute Gasteiger partial charge is 0.466 e. The van der Waals surface area contributed by atoms with Gasteiger partial charge in [0.05, 0.1) is 7.11 Å². The van der Waals surface area contributed by atoms with E-state index in [-0.39, 0.29) is 12.1 Å². The van der Waals surface area contributed by atoms with E-state index in [4.69, 9.17) is 14.2 Å². The molecule has 6 nitrogen and oxygen atoms in total. The molecular weight excluding hydrogens is 382 g/mol. The fraction of sp³-hybridized carbons (Fsp3) is 0.417. The highest BCUT2D eigenvalue weighted by molar-refractivity contribution is 5.89. The van der Waals surface area contributed by atoms with Crippen LogP contribution in [0, 0.1) is 0 Å². The van der Waals surface area contributed by atoms with Crippen molar-refractivity contribution in [1.82, 2.24) is 4.90 Å². The zero-order chi connectivity index (χ0) is 20.9. The zero-order valence-corrected chi connectivity index (χ0v) is 17.2. The van der Waals surface area contributed by atoms with Gasteiger partial charge in [0.2, 0.25) is 5.60 Å². The van der Waals surface area contributed by atoms with Crippen LogP contribution in [0.4, 0.5) is 0 Å². The van der Waals surface area contributed by atoms with Crippen LogP contribution in [0.15, 0.2) is 48.5 Å². The number of piperidine rings is 1. The summed E-state index contributed by atoms with van der Waals surface area (Å²) < 4.78 is 17.2. The van der Waals surface area contributed by atoms with Gasteiger partial charge in [0, 0.05) is 36.1 Å². The van der Waals surface area contributed by atoms with Crippen LogP contribution >= 0.6 is 0 Å². The fourth-order valence-electron chi connectivity index (χ4n) is 5.32. The minimum absolute atomic E-state index is 0.213. The second kappa shape index (κ2) is 7.13. The number of carbonyl (C=O) groups is 2. The van der Waals surface area contributed by atoms with Gasteiger partial charge in [-0.1, -0.05) is 36.4 Å². The molecule has 0 N–H and O–H groups in total. The summed E-state index contributed by atoms with van der Waals surface area (Å²) in [5.41, 5.74) is 0.251. The summed E-state index contributed by atoms with van der Waals surface area (Å²) in [7, 11) is 3.44. The standard InChI is InChI=1S/C24H25NO5/c1-25-15-11-12-16(25)14-24(13-15,23(27)28-2)30-22(26)21-17-7-3-5-9-19(17)29-20-10-6-4-8-18(20)21/h3-10,15-16,21H,11-14H2,1-2H3. The number of hydrogen-bond donors (Lipinski definition) is 0. The number of para-hydroxylation sites is 2. The molecule has 2 atom stereocenters. The van der Waals surface area contributed by atoms with Crippen LogP contribution in [0.5, 0.6) is 11.5 Å². The van der Waals surface area contributed by atoms with Crippen LogP contribution in [0.25, 0.3) is 0 Å². The van der Waals surface area contributed by atoms with E-state index in [1.54, 1.807) is 0 Å². The van der Waals surface area contributed by atoms with Crippen LogP contribution in [0.2, 0.25) is 0 Å². The van der Waals surface area contributed by atoms with Crippen molar-refractivity contribution in [3.8, 4) is 11.5 Å². The van der Waals surface area contributed by atoms with E-state index in [0.29, 0.717) is 24.3 Å². The van der Waals surface area contributed by atoms with E-state index in [1.165, 1.54) is 7.11 Å². The molecule has 0 spiro atoms. The Kier molecular flexibility index (Phi) is 4.54. The Morgan fingerprint density at radius 2 is 1.50 bits per heavy atom. The lowest BCUT2D eigenvalue weighted by atomic mass is 9.84. The van der Waals surface area contributed by atoms with Crippen molar-refractivity contribution in [2.75, 3.05) is 14.2 Å². The van der Waals surface area contributed by atoms with Gasteiger partial charge in [-0.15, -0.1) is 0 Å². The lowest BCUT2D eigenvalue weighted by Crippen LogP contribution is -2.56. The van der Waals surface area contributed by atoms with Crippen LogP contribution in [-0.2, 0) is 19.1 Å². The highest BCUT2D eigenvalue weighted by Gasteiger charge is 2.55. The Bertz CT molecular complexity index is 943. The Labute approximate surface area is 175 Å². The van der Waals surface area contributed by atoms with Gasteiger partial charge in [0.15, 0.2) is 0 Å². The number of carbonyl (C=O) groups excluding carboxylic acids is 2. The molecule has 0 aliphatic carbocycles. The van der Waals surface area contributed by atoms with Gasteiger partial charge in [-0.3, -0.25) is 4.79 Å². The van der Waals surface area contributed by atoms with Crippen molar-refractivity contribution < 1.29 is 23.8 Å². The molecule has 3 aliphatic rings. The van der Waals surface area contributed by atoms with Crippen molar-refractivity contribution in [2.45, 2.75) is 49.3 Å². The van der Waals surface area contributed by atoms with E-state index in [9.17, 15) is 9.59 Å². The summed E-state index contributed by atoms with van der Waals surface area (Å²) in [6, 6.07) is 15.4. The maximum atomic E-state index is 13.6. The molecule has 0 radical (unpaired) electrons. The van der Waals surface area contributed by atoms with E-state index >= 15 is 0 Å². The summed E-state index contributed by atoms with van der Waals surface area (Å²) in [6.07, 6.45) is 2.93. The molecule has 30 heavy (non-hydrogen) atoms. The topological polar surface area (TPSA) is 65.1 Å². The molecule has 3 aliphatic heterocycles. The Morgan fingerprint density at radius 1 is 0.967 bits per heavy atom. The fourth-order valence-corrected chi connectivity index (χ4v) is 5.32. The number of esters is 2. The first kappa shape index (κ1) is 19.1. The number of benzene rings is 2. The van der Waals surface area contributed by atoms with E-state index in [2.05, 4.69) is 11.9 Å². The Balaban J connectivity index is 1.52. The number of hydrogen-bond acceptors (Lipinski definition) is 6. The number of ether oxygens (including phenoxy) is 3. The summed E-state index contributed by atoms with van der Waals surface area (Å²) in [6.45, 7) is 0. The Morgan fingerprint density at radius 3 is 2.03 bits per heavy atom. The predicted octanol–water partition coefficient (Wildman–Crippen LogP) is 3.64. The SMILES string of the molecule is COC(=O)C1(OC(=O)C2c3ccccc3Oc3ccccc32)CC2CCC(C1)N2C. The number of fused-ring (bicyclic) bond motifs is 4. The van der Waals surface area contributed by atoms with Gasteiger partial charge in [-0.25, -0.2) is 4.79 Å². The lowest BCUT2D eigenvalue weighted by Gasteiger charge is -2.43. The first-order chi connectivity index (χ1) is 14.5. The second-order valence-electron chi connectivity index (χ2n) is 8.48. The van der Waals surface area contributed by atoms with Gasteiger partial charge in [-0.05, 0) is 32.0 Å². The molecule has 0 aromatic heterocycles. The molecule has 2 saturated heterocycles. The van der Waals surface area contributed by atoms with Crippen molar-refractivity contribution in [1.29, 1.82) is 0 Å². The van der Waals surface area contributed by atoms with Gasteiger partial charge < -0.3 is 19.1 Å². The number of methoxy groups -OCH3 is 1. The van der Waals surface area contributed by atoms with Gasteiger partial charge in [0.1, 0.15) is 17.4 Å². The third-order valence-electron chi connectivity index (χ3n) is 6.88. The molecule has 156 valence electrons. The van der Waals surface area contributed by atoms with Crippen molar-refractivity contribution in [3.63, 3.8) is 0 Å². The first-order valence-electron chi connectivity index (χ1n) is 10.4. The molecular formula is C24H25NO5. The number of nitrogens with zero attached hydrogens (tertiary/aromatic N) is 1. The minimum Gasteiger partial charge on any atom is -0.466 e. The summed E-state index contributed by atoms with van der Waals surface area (Å²) in [5, 5.41) is 0. The molecule has 0 amide bonds. The van der Waals surface area contributed by atoms with Gasteiger partial charge in [-0.2, -0.15) is 0 Å². The lowest BCUT2D eigenvalue weighted by molar-refractivity contribution is -0.190. The quantitative estimate of drug-likeness (QED) is 0.724. The average Bonchev–Trinajstić information content (AvgIpc) is 2.98. The third kappa shape index (κ3) is 2.89. The van der Waals surface area contributed by atoms with Crippen molar-refractivity contribution in [3.05, 3.63) is 59.7 Å². The third-order valence-corrected chi connectivity index (χ3v) is 6.88. The zero-order valence-electron chi connectivity index (χ0n) is 17.2. The molecule has 0 saturated carbocycles. The van der Waals surface area contributed by atoms with Crippen LogP contribution in [0.3, 0.4) is 0 Å². The van der Waals surface area contributed by atoms with Gasteiger partial charge >= 0.3 is 11.9 Å². The summed E-state index contributed by atoms with van der Waals surface area (Å²) in [4.78, 5) is 28.8. The summed E-state index contributed by atoms with van der Waals surface area (Å²) in [5.74, 6) is -0.283. The highest BCUT2D eigenvalue weighted by atomic mass is 16.6. The maximum absolute atomic E-state index is 13.6. The molecule has 2 fully saturated rings. The molecule has 2 unspecified atom stereocenters. The van der Waals surface area contributed by atoms with E-state index in [1.807, 2.05) is 48.5 Å². The van der Waals surface area contributed by atoms with Gasteiger partial charge in [0.25, 0.3) is 0 Å². The first-order valence-corrected chi connectivity index (χ1v) is 10.4. The van der Waals surface area contributed by atoms with Crippen LogP contribution in [-0.4, -0.2) is 48.7 Å². The summed E-state index contributed by atoms with van der Waals surface area (Å²) >= 11 is 0. The molecule has 2 aromatic rings. The van der Waals surface area contributed by atoms with Crippen molar-refractivity contribution in [2.24, 2.45) is 0 Å². The van der Waals surface area contributed by atoms with E-state index < -0.39 is 23.5 Å².